The topological polar surface area (TPSA) is 130 Å². The third-order valence-corrected chi connectivity index (χ3v) is 7.74. The molecule has 1 saturated carbocycles. The molecule has 2 aliphatic rings. The van der Waals surface area contributed by atoms with Crippen LogP contribution in [0.5, 0.6) is 0 Å². The van der Waals surface area contributed by atoms with Gasteiger partial charge < -0.3 is 25.8 Å². The normalized spacial score (nSPS) is 19.6. The van der Waals surface area contributed by atoms with Gasteiger partial charge in [0.05, 0.1) is 30.8 Å². The van der Waals surface area contributed by atoms with Gasteiger partial charge in [0.15, 0.2) is 0 Å². The number of pyridine rings is 1. The first-order valence-corrected chi connectivity index (χ1v) is 13.6. The number of hydrogen-bond donors (Lipinski definition) is 4. The highest BCUT2D eigenvalue weighted by Crippen LogP contribution is 2.35. The van der Waals surface area contributed by atoms with Gasteiger partial charge in [0.25, 0.3) is 0 Å². The van der Waals surface area contributed by atoms with E-state index in [9.17, 15) is 19.5 Å². The van der Waals surface area contributed by atoms with Crippen LogP contribution in [0.1, 0.15) is 44.6 Å². The Hall–Kier alpha value is -4.24. The van der Waals surface area contributed by atoms with Crippen molar-refractivity contribution in [1.29, 1.82) is 0 Å². The van der Waals surface area contributed by atoms with Crippen molar-refractivity contribution in [1.82, 2.24) is 15.6 Å². The Labute approximate surface area is 233 Å². The average molecular weight is 543 g/mol. The molecule has 0 atom stereocenters. The Bertz CT molecular complexity index is 1360. The average Bonchev–Trinajstić information content (AvgIpc) is 2.92. The van der Waals surface area contributed by atoms with E-state index in [2.05, 4.69) is 16.0 Å². The standard InChI is InChI=1S/C31H34N4O5/c1-20(36)33-25-13-7-21(8-14-25)15-28(37)34-26-16-27(22-5-3-2-4-6-22)29(32-17-26)23-9-11-24(12-10-23)31(18-40-19-31)35-30(38)39/h2-6,9-12,16-17,21,25,35H,7-8,13-15,18-19H2,1H3,(H,33,36)(H,34,37)(H,38,39)/t21-,25-. The molecular weight excluding hydrogens is 508 g/mol. The van der Waals surface area contributed by atoms with Crippen molar-refractivity contribution < 1.29 is 24.2 Å². The van der Waals surface area contributed by atoms with Gasteiger partial charge in [-0.1, -0.05) is 54.6 Å². The fourth-order valence-corrected chi connectivity index (χ4v) is 5.64. The number of aromatic nitrogens is 1. The van der Waals surface area contributed by atoms with E-state index in [1.54, 1.807) is 6.20 Å². The van der Waals surface area contributed by atoms with Crippen LogP contribution in [0.4, 0.5) is 10.5 Å². The predicted molar refractivity (Wildman–Crippen MR) is 152 cm³/mol. The number of hydrogen-bond acceptors (Lipinski definition) is 5. The molecule has 2 aromatic carbocycles. The zero-order valence-electron chi connectivity index (χ0n) is 22.5. The molecule has 0 unspecified atom stereocenters. The second-order valence-electron chi connectivity index (χ2n) is 10.7. The fourth-order valence-electron chi connectivity index (χ4n) is 5.64. The van der Waals surface area contributed by atoms with Gasteiger partial charge in [0.1, 0.15) is 5.54 Å². The van der Waals surface area contributed by atoms with E-state index in [0.29, 0.717) is 18.0 Å². The number of amides is 3. The summed E-state index contributed by atoms with van der Waals surface area (Å²) in [6.45, 7) is 2.12. The molecule has 9 heteroatoms. The van der Waals surface area contributed by atoms with Crippen LogP contribution in [-0.4, -0.2) is 47.3 Å². The van der Waals surface area contributed by atoms with Crippen LogP contribution in [-0.2, 0) is 19.9 Å². The number of anilines is 1. The summed E-state index contributed by atoms with van der Waals surface area (Å²) in [5, 5.41) is 17.9. The smallest absolute Gasteiger partial charge is 0.405 e. The molecule has 5 rings (SSSR count). The zero-order chi connectivity index (χ0) is 28.1. The van der Waals surface area contributed by atoms with Gasteiger partial charge in [0, 0.05) is 30.5 Å². The third kappa shape index (κ3) is 6.31. The van der Waals surface area contributed by atoms with Crippen molar-refractivity contribution in [2.75, 3.05) is 18.5 Å². The molecule has 208 valence electrons. The van der Waals surface area contributed by atoms with Crippen molar-refractivity contribution in [3.63, 3.8) is 0 Å². The number of benzene rings is 2. The van der Waals surface area contributed by atoms with Crippen molar-refractivity contribution >= 4 is 23.6 Å². The molecular formula is C31H34N4O5. The molecule has 0 bridgehead atoms. The predicted octanol–water partition coefficient (Wildman–Crippen LogP) is 4.93. The summed E-state index contributed by atoms with van der Waals surface area (Å²) >= 11 is 0. The molecule has 2 fully saturated rings. The maximum Gasteiger partial charge on any atom is 0.405 e. The van der Waals surface area contributed by atoms with Gasteiger partial charge in [-0.05, 0) is 48.8 Å². The highest BCUT2D eigenvalue weighted by Gasteiger charge is 2.42. The molecule has 3 amide bonds. The molecule has 4 N–H and O–H groups in total. The van der Waals surface area contributed by atoms with E-state index in [0.717, 1.165) is 53.6 Å². The highest BCUT2D eigenvalue weighted by molar-refractivity contribution is 5.93. The number of rotatable bonds is 8. The van der Waals surface area contributed by atoms with Gasteiger partial charge in [-0.2, -0.15) is 0 Å². The van der Waals surface area contributed by atoms with Crippen molar-refractivity contribution in [3.05, 3.63) is 72.4 Å². The molecule has 3 aromatic rings. The molecule has 40 heavy (non-hydrogen) atoms. The lowest BCUT2D eigenvalue weighted by Crippen LogP contribution is -2.59. The minimum atomic E-state index is -1.09. The van der Waals surface area contributed by atoms with Crippen molar-refractivity contribution in [2.24, 2.45) is 5.92 Å². The summed E-state index contributed by atoms with van der Waals surface area (Å²) in [5.41, 5.74) is 4.22. The van der Waals surface area contributed by atoms with E-state index < -0.39 is 11.6 Å². The number of carboxylic acid groups (broad SMARTS) is 1. The van der Waals surface area contributed by atoms with Crippen LogP contribution in [0.15, 0.2) is 66.9 Å². The molecule has 9 nitrogen and oxygen atoms in total. The number of carbonyl (C=O) groups excluding carboxylic acids is 2. The van der Waals surface area contributed by atoms with Crippen LogP contribution in [0, 0.1) is 5.92 Å². The van der Waals surface area contributed by atoms with Crippen LogP contribution in [0.2, 0.25) is 0 Å². The Balaban J connectivity index is 1.32. The maximum atomic E-state index is 12.9. The summed E-state index contributed by atoms with van der Waals surface area (Å²) in [6.07, 6.45) is 4.64. The van der Waals surface area contributed by atoms with Crippen molar-refractivity contribution in [3.8, 4) is 22.4 Å². The lowest BCUT2D eigenvalue weighted by molar-refractivity contribution is -0.120. The molecule has 0 radical (unpaired) electrons. The minimum absolute atomic E-state index is 0.00521. The van der Waals surface area contributed by atoms with Gasteiger partial charge in [-0.3, -0.25) is 14.6 Å². The first-order chi connectivity index (χ1) is 19.3. The quantitative estimate of drug-likeness (QED) is 0.319. The number of nitrogens with one attached hydrogen (secondary N) is 3. The van der Waals surface area contributed by atoms with E-state index >= 15 is 0 Å². The van der Waals surface area contributed by atoms with Crippen LogP contribution in [0.3, 0.4) is 0 Å². The van der Waals surface area contributed by atoms with Gasteiger partial charge in [0.2, 0.25) is 11.8 Å². The van der Waals surface area contributed by atoms with Gasteiger partial charge in [-0.25, -0.2) is 4.79 Å². The third-order valence-electron chi connectivity index (χ3n) is 7.74. The number of ether oxygens (including phenoxy) is 1. The summed E-state index contributed by atoms with van der Waals surface area (Å²) in [5.74, 6) is 0.249. The highest BCUT2D eigenvalue weighted by atomic mass is 16.5. The van der Waals surface area contributed by atoms with E-state index in [1.807, 2.05) is 60.7 Å². The fraction of sp³-hybridized carbons (Fsp3) is 0.355. The van der Waals surface area contributed by atoms with Crippen LogP contribution >= 0.6 is 0 Å². The Kier molecular flexibility index (Phi) is 8.11. The molecule has 1 aliphatic heterocycles. The SMILES string of the molecule is CC(=O)N[C@H]1CC[C@H](CC(=O)Nc2cnc(-c3ccc(C4(NC(=O)O)COC4)cc3)c(-c3ccccc3)c2)CC1. The van der Waals surface area contributed by atoms with Crippen LogP contribution in [0.25, 0.3) is 22.4 Å². The lowest BCUT2D eigenvalue weighted by atomic mass is 9.84. The van der Waals surface area contributed by atoms with Gasteiger partial charge in [-0.15, -0.1) is 0 Å². The van der Waals surface area contributed by atoms with E-state index in [1.165, 1.54) is 6.92 Å². The summed E-state index contributed by atoms with van der Waals surface area (Å²) < 4.78 is 5.31. The largest absolute Gasteiger partial charge is 0.465 e. The van der Waals surface area contributed by atoms with E-state index in [-0.39, 0.29) is 31.1 Å². The zero-order valence-corrected chi connectivity index (χ0v) is 22.5. The Morgan fingerprint density at radius 1 is 0.975 bits per heavy atom. The summed E-state index contributed by atoms with van der Waals surface area (Å²) in [7, 11) is 0. The lowest BCUT2D eigenvalue weighted by Gasteiger charge is -2.41. The number of carbonyl (C=O) groups is 3. The minimum Gasteiger partial charge on any atom is -0.465 e. The van der Waals surface area contributed by atoms with Crippen LogP contribution < -0.4 is 16.0 Å². The Morgan fingerprint density at radius 2 is 1.68 bits per heavy atom. The molecule has 1 aromatic heterocycles. The Morgan fingerprint density at radius 3 is 2.27 bits per heavy atom. The first-order valence-electron chi connectivity index (χ1n) is 13.6. The molecule has 1 saturated heterocycles. The second kappa shape index (κ2) is 11.9. The monoisotopic (exact) mass is 542 g/mol. The van der Waals surface area contributed by atoms with E-state index in [4.69, 9.17) is 9.72 Å². The first kappa shape index (κ1) is 27.3. The van der Waals surface area contributed by atoms with Crippen molar-refractivity contribution in [2.45, 2.75) is 50.6 Å². The maximum absolute atomic E-state index is 12.9. The summed E-state index contributed by atoms with van der Waals surface area (Å²) in [6, 6.07) is 19.7. The molecule has 2 heterocycles. The molecule has 1 aliphatic carbocycles. The second-order valence-corrected chi connectivity index (χ2v) is 10.7. The van der Waals surface area contributed by atoms with Gasteiger partial charge >= 0.3 is 6.09 Å². The summed E-state index contributed by atoms with van der Waals surface area (Å²) in [4.78, 5) is 40.3. The molecule has 0 spiro atoms. The number of nitrogens with zero attached hydrogens (tertiary/aromatic N) is 1.